The summed E-state index contributed by atoms with van der Waals surface area (Å²) in [4.78, 5) is 14.9. The Labute approximate surface area is 136 Å². The minimum Gasteiger partial charge on any atom is -0.379 e. The van der Waals surface area contributed by atoms with Crippen molar-refractivity contribution in [2.45, 2.75) is 26.3 Å². The number of aromatic nitrogens is 2. The number of amides is 1. The van der Waals surface area contributed by atoms with E-state index in [4.69, 9.17) is 4.74 Å². The minimum atomic E-state index is -0.136. The molecule has 3 rings (SSSR count). The molecule has 6 nitrogen and oxygen atoms in total. The zero-order valence-corrected chi connectivity index (χ0v) is 14.0. The van der Waals surface area contributed by atoms with Gasteiger partial charge in [-0.15, -0.1) is 0 Å². The van der Waals surface area contributed by atoms with E-state index in [0.717, 1.165) is 42.8 Å². The van der Waals surface area contributed by atoms with Gasteiger partial charge < -0.3 is 10.1 Å². The SMILES string of the molecule is Cc1ccc2[nH]nc(C(=O)NCC(C)(C)N3CCOCC3)c2c1. The molecule has 0 unspecified atom stereocenters. The van der Waals surface area contributed by atoms with Gasteiger partial charge in [-0.2, -0.15) is 5.10 Å². The van der Waals surface area contributed by atoms with Gasteiger partial charge in [0.15, 0.2) is 5.69 Å². The summed E-state index contributed by atoms with van der Waals surface area (Å²) in [6.45, 7) is 10.2. The Morgan fingerprint density at radius 2 is 2.13 bits per heavy atom. The number of H-pyrrole nitrogens is 1. The first-order chi connectivity index (χ1) is 11.0. The number of carbonyl (C=O) groups is 1. The van der Waals surface area contributed by atoms with Gasteiger partial charge in [0.05, 0.1) is 18.7 Å². The molecular formula is C17H24N4O2. The molecule has 0 aliphatic carbocycles. The molecule has 2 aromatic rings. The van der Waals surface area contributed by atoms with Crippen LogP contribution < -0.4 is 5.32 Å². The van der Waals surface area contributed by atoms with Crippen molar-refractivity contribution in [3.63, 3.8) is 0 Å². The molecule has 0 atom stereocenters. The van der Waals surface area contributed by atoms with Crippen LogP contribution in [0.15, 0.2) is 18.2 Å². The van der Waals surface area contributed by atoms with E-state index in [1.807, 2.05) is 25.1 Å². The van der Waals surface area contributed by atoms with Crippen LogP contribution in [0.3, 0.4) is 0 Å². The van der Waals surface area contributed by atoms with Gasteiger partial charge in [0.25, 0.3) is 5.91 Å². The highest BCUT2D eigenvalue weighted by Gasteiger charge is 2.29. The highest BCUT2D eigenvalue weighted by Crippen LogP contribution is 2.18. The Balaban J connectivity index is 1.69. The van der Waals surface area contributed by atoms with Gasteiger partial charge in [-0.1, -0.05) is 11.6 Å². The van der Waals surface area contributed by atoms with Crippen LogP contribution in [0.25, 0.3) is 10.9 Å². The lowest BCUT2D eigenvalue weighted by molar-refractivity contribution is -0.00924. The predicted molar refractivity (Wildman–Crippen MR) is 89.6 cm³/mol. The lowest BCUT2D eigenvalue weighted by Gasteiger charge is -2.40. The van der Waals surface area contributed by atoms with Crippen molar-refractivity contribution in [2.75, 3.05) is 32.8 Å². The second-order valence-corrected chi connectivity index (χ2v) is 6.72. The molecule has 2 N–H and O–H groups in total. The third-order valence-corrected chi connectivity index (χ3v) is 4.48. The Kier molecular flexibility index (Phi) is 4.37. The lowest BCUT2D eigenvalue weighted by atomic mass is 10.0. The number of nitrogens with one attached hydrogen (secondary N) is 2. The Bertz CT molecular complexity index is 702. The summed E-state index contributed by atoms with van der Waals surface area (Å²) < 4.78 is 5.40. The second-order valence-electron chi connectivity index (χ2n) is 6.72. The number of nitrogens with zero attached hydrogens (tertiary/aromatic N) is 2. The molecule has 1 amide bonds. The maximum absolute atomic E-state index is 12.5. The molecule has 0 radical (unpaired) electrons. The Hall–Kier alpha value is -1.92. The third-order valence-electron chi connectivity index (χ3n) is 4.48. The topological polar surface area (TPSA) is 70.2 Å². The number of aryl methyl sites for hydroxylation is 1. The summed E-state index contributed by atoms with van der Waals surface area (Å²) in [5.74, 6) is -0.136. The molecule has 1 aliphatic heterocycles. The average molecular weight is 316 g/mol. The van der Waals surface area contributed by atoms with Crippen molar-refractivity contribution in [3.8, 4) is 0 Å². The zero-order valence-electron chi connectivity index (χ0n) is 14.0. The smallest absolute Gasteiger partial charge is 0.272 e. The number of aromatic amines is 1. The standard InChI is InChI=1S/C17H24N4O2/c1-12-4-5-14-13(10-12)15(20-19-14)16(22)18-11-17(2,3)21-6-8-23-9-7-21/h4-5,10H,6-9,11H2,1-3H3,(H,18,22)(H,19,20). The van der Waals surface area contributed by atoms with E-state index in [9.17, 15) is 4.79 Å². The van der Waals surface area contributed by atoms with E-state index in [2.05, 4.69) is 34.3 Å². The summed E-state index contributed by atoms with van der Waals surface area (Å²) in [6.07, 6.45) is 0. The molecular weight excluding hydrogens is 292 g/mol. The summed E-state index contributed by atoms with van der Waals surface area (Å²) in [7, 11) is 0. The van der Waals surface area contributed by atoms with Gasteiger partial charge in [0.2, 0.25) is 0 Å². The molecule has 1 fully saturated rings. The van der Waals surface area contributed by atoms with Crippen LogP contribution >= 0.6 is 0 Å². The van der Waals surface area contributed by atoms with E-state index < -0.39 is 0 Å². The highest BCUT2D eigenvalue weighted by atomic mass is 16.5. The molecule has 0 saturated carbocycles. The number of hydrogen-bond acceptors (Lipinski definition) is 4. The van der Waals surface area contributed by atoms with Gasteiger partial charge >= 0.3 is 0 Å². The van der Waals surface area contributed by atoms with Crippen molar-refractivity contribution in [1.82, 2.24) is 20.4 Å². The number of carbonyl (C=O) groups excluding carboxylic acids is 1. The molecule has 2 heterocycles. The monoisotopic (exact) mass is 316 g/mol. The maximum Gasteiger partial charge on any atom is 0.272 e. The van der Waals surface area contributed by atoms with Crippen LogP contribution in [0.4, 0.5) is 0 Å². The fraction of sp³-hybridized carbons (Fsp3) is 0.529. The van der Waals surface area contributed by atoms with Crippen molar-refractivity contribution in [1.29, 1.82) is 0 Å². The van der Waals surface area contributed by atoms with E-state index in [1.165, 1.54) is 0 Å². The molecule has 0 spiro atoms. The molecule has 23 heavy (non-hydrogen) atoms. The number of hydrogen-bond donors (Lipinski definition) is 2. The summed E-state index contributed by atoms with van der Waals surface area (Å²) in [6, 6.07) is 5.94. The van der Waals surface area contributed by atoms with Gasteiger partial charge in [-0.3, -0.25) is 14.8 Å². The summed E-state index contributed by atoms with van der Waals surface area (Å²) >= 11 is 0. The molecule has 124 valence electrons. The first kappa shape index (κ1) is 16.0. The number of benzene rings is 1. The summed E-state index contributed by atoms with van der Waals surface area (Å²) in [5.41, 5.74) is 2.35. The van der Waals surface area contributed by atoms with Crippen LogP contribution in [-0.4, -0.2) is 59.4 Å². The summed E-state index contributed by atoms with van der Waals surface area (Å²) in [5, 5.41) is 11.0. The fourth-order valence-electron chi connectivity index (χ4n) is 2.96. The van der Waals surface area contributed by atoms with Crippen LogP contribution in [-0.2, 0) is 4.74 Å². The van der Waals surface area contributed by atoms with Crippen LogP contribution in [0.5, 0.6) is 0 Å². The molecule has 1 aromatic carbocycles. The zero-order chi connectivity index (χ0) is 16.4. The molecule has 1 saturated heterocycles. The predicted octanol–water partition coefficient (Wildman–Crippen LogP) is 1.71. The largest absolute Gasteiger partial charge is 0.379 e. The van der Waals surface area contributed by atoms with Crippen molar-refractivity contribution < 1.29 is 9.53 Å². The van der Waals surface area contributed by atoms with Gasteiger partial charge in [-0.05, 0) is 32.9 Å². The van der Waals surface area contributed by atoms with Crippen LogP contribution in [0.2, 0.25) is 0 Å². The molecule has 0 bridgehead atoms. The van der Waals surface area contributed by atoms with Crippen LogP contribution in [0, 0.1) is 6.92 Å². The van der Waals surface area contributed by atoms with Crippen molar-refractivity contribution >= 4 is 16.8 Å². The van der Waals surface area contributed by atoms with E-state index in [1.54, 1.807) is 0 Å². The fourth-order valence-corrected chi connectivity index (χ4v) is 2.96. The van der Waals surface area contributed by atoms with Crippen molar-refractivity contribution in [3.05, 3.63) is 29.5 Å². The molecule has 1 aromatic heterocycles. The molecule has 6 heteroatoms. The van der Waals surface area contributed by atoms with Gasteiger partial charge in [0.1, 0.15) is 0 Å². The van der Waals surface area contributed by atoms with Gasteiger partial charge in [-0.25, -0.2) is 0 Å². The number of fused-ring (bicyclic) bond motifs is 1. The maximum atomic E-state index is 12.5. The third kappa shape index (κ3) is 3.38. The Morgan fingerprint density at radius 1 is 1.39 bits per heavy atom. The van der Waals surface area contributed by atoms with Crippen LogP contribution in [0.1, 0.15) is 29.9 Å². The number of ether oxygens (including phenoxy) is 1. The quantitative estimate of drug-likeness (QED) is 0.901. The van der Waals surface area contributed by atoms with E-state index >= 15 is 0 Å². The normalized spacial score (nSPS) is 16.7. The lowest BCUT2D eigenvalue weighted by Crippen LogP contribution is -2.55. The second kappa shape index (κ2) is 6.29. The highest BCUT2D eigenvalue weighted by molar-refractivity contribution is 6.04. The van der Waals surface area contributed by atoms with E-state index in [0.29, 0.717) is 12.2 Å². The average Bonchev–Trinajstić information content (AvgIpc) is 2.96. The minimum absolute atomic E-state index is 0.110. The van der Waals surface area contributed by atoms with Crippen molar-refractivity contribution in [2.24, 2.45) is 0 Å². The first-order valence-corrected chi connectivity index (χ1v) is 8.03. The van der Waals surface area contributed by atoms with Gasteiger partial charge in [0, 0.05) is 30.6 Å². The number of rotatable bonds is 4. The number of morpholine rings is 1. The van der Waals surface area contributed by atoms with E-state index in [-0.39, 0.29) is 11.4 Å². The Morgan fingerprint density at radius 3 is 2.87 bits per heavy atom. The molecule has 1 aliphatic rings. The first-order valence-electron chi connectivity index (χ1n) is 8.03.